The van der Waals surface area contributed by atoms with Crippen LogP contribution in [-0.4, -0.2) is 38.2 Å². The molecule has 0 amide bonds. The molecule has 2 saturated heterocycles. The van der Waals surface area contributed by atoms with E-state index < -0.39 is 0 Å². The molecule has 0 saturated carbocycles. The Morgan fingerprint density at radius 3 is 2.33 bits per heavy atom. The molecule has 98 valence electrons. The zero-order valence-electron chi connectivity index (χ0n) is 11.2. The van der Waals surface area contributed by atoms with Gasteiger partial charge < -0.3 is 10.1 Å². The molecule has 2 fully saturated rings. The normalized spacial score (nSPS) is 29.2. The second-order valence-corrected chi connectivity index (χ2v) is 5.58. The minimum atomic E-state index is 0.515. The largest absolute Gasteiger partial charge is 0.497 e. The fraction of sp³-hybridized carbons (Fsp3) is 0.600. The van der Waals surface area contributed by atoms with E-state index in [1.807, 2.05) is 0 Å². The summed E-state index contributed by atoms with van der Waals surface area (Å²) in [5.74, 6) is 2.67. The molecular weight excluding hydrogens is 224 g/mol. The summed E-state index contributed by atoms with van der Waals surface area (Å²) in [6, 6.07) is 9.02. The number of methoxy groups -OCH3 is 1. The molecule has 3 atom stereocenters. The van der Waals surface area contributed by atoms with Crippen LogP contribution in [0.5, 0.6) is 5.75 Å². The van der Waals surface area contributed by atoms with E-state index in [1.54, 1.807) is 7.11 Å². The summed E-state index contributed by atoms with van der Waals surface area (Å²) in [4.78, 5) is 2.62. The Kier molecular flexibility index (Phi) is 3.27. The third-order valence-corrected chi connectivity index (χ3v) is 4.56. The number of ether oxygens (including phenoxy) is 1. The molecule has 0 bridgehead atoms. The third kappa shape index (κ3) is 2.13. The molecule has 0 radical (unpaired) electrons. The molecule has 2 aliphatic heterocycles. The first-order chi connectivity index (χ1) is 8.78. The first-order valence-corrected chi connectivity index (χ1v) is 6.86. The number of fused-ring (bicyclic) bond motifs is 1. The topological polar surface area (TPSA) is 24.5 Å². The van der Waals surface area contributed by atoms with Gasteiger partial charge >= 0.3 is 0 Å². The highest BCUT2D eigenvalue weighted by Crippen LogP contribution is 2.33. The van der Waals surface area contributed by atoms with Crippen LogP contribution in [0, 0.1) is 11.8 Å². The van der Waals surface area contributed by atoms with Crippen molar-refractivity contribution in [1.29, 1.82) is 0 Å². The van der Waals surface area contributed by atoms with E-state index in [1.165, 1.54) is 31.7 Å². The number of rotatable bonds is 3. The average molecular weight is 246 g/mol. The quantitative estimate of drug-likeness (QED) is 0.881. The summed E-state index contributed by atoms with van der Waals surface area (Å²) in [6.07, 6.45) is 0. The van der Waals surface area contributed by atoms with Crippen LogP contribution in [0.25, 0.3) is 0 Å². The Bertz CT molecular complexity index is 391. The fourth-order valence-electron chi connectivity index (χ4n) is 3.30. The molecule has 3 rings (SSSR count). The summed E-state index contributed by atoms with van der Waals surface area (Å²) in [5, 5.41) is 3.50. The van der Waals surface area contributed by atoms with Crippen molar-refractivity contribution in [3.63, 3.8) is 0 Å². The van der Waals surface area contributed by atoms with Crippen molar-refractivity contribution in [3.8, 4) is 5.75 Å². The predicted molar refractivity (Wildman–Crippen MR) is 72.8 cm³/mol. The van der Waals surface area contributed by atoms with Gasteiger partial charge in [-0.05, 0) is 49.5 Å². The number of likely N-dealkylation sites (tertiary alicyclic amines) is 1. The summed E-state index contributed by atoms with van der Waals surface area (Å²) in [7, 11) is 1.72. The van der Waals surface area contributed by atoms with Gasteiger partial charge in [0.1, 0.15) is 5.75 Å². The highest BCUT2D eigenvalue weighted by molar-refractivity contribution is 5.29. The number of hydrogen-bond donors (Lipinski definition) is 1. The maximum atomic E-state index is 5.21. The lowest BCUT2D eigenvalue weighted by atomic mass is 10.0. The van der Waals surface area contributed by atoms with Gasteiger partial charge in [-0.3, -0.25) is 4.90 Å². The van der Waals surface area contributed by atoms with Gasteiger partial charge in [0.15, 0.2) is 0 Å². The van der Waals surface area contributed by atoms with Crippen LogP contribution in [0.1, 0.15) is 18.5 Å². The molecule has 0 spiro atoms. The van der Waals surface area contributed by atoms with Crippen LogP contribution >= 0.6 is 0 Å². The van der Waals surface area contributed by atoms with Crippen LogP contribution < -0.4 is 10.1 Å². The second-order valence-electron chi connectivity index (χ2n) is 5.58. The zero-order chi connectivity index (χ0) is 12.5. The van der Waals surface area contributed by atoms with Gasteiger partial charge in [-0.25, -0.2) is 0 Å². The lowest BCUT2D eigenvalue weighted by Gasteiger charge is -2.25. The molecule has 3 nitrogen and oxygen atoms in total. The molecule has 0 aliphatic carbocycles. The SMILES string of the molecule is COc1ccc(C(C)N2C[C@H]3CNC[C@H]3C2)cc1. The Hall–Kier alpha value is -1.06. The van der Waals surface area contributed by atoms with Crippen LogP contribution in [-0.2, 0) is 0 Å². The van der Waals surface area contributed by atoms with Gasteiger partial charge in [0.2, 0.25) is 0 Å². The Balaban J connectivity index is 1.68. The molecule has 2 aliphatic rings. The molecule has 1 aromatic carbocycles. The van der Waals surface area contributed by atoms with E-state index >= 15 is 0 Å². The van der Waals surface area contributed by atoms with Crippen molar-refractivity contribution in [1.82, 2.24) is 10.2 Å². The molecular formula is C15H22N2O. The number of nitrogens with zero attached hydrogens (tertiary/aromatic N) is 1. The third-order valence-electron chi connectivity index (χ3n) is 4.56. The van der Waals surface area contributed by atoms with Crippen molar-refractivity contribution < 1.29 is 4.74 Å². The van der Waals surface area contributed by atoms with Crippen LogP contribution in [0.15, 0.2) is 24.3 Å². The molecule has 18 heavy (non-hydrogen) atoms. The summed E-state index contributed by atoms with van der Waals surface area (Å²) >= 11 is 0. The van der Waals surface area contributed by atoms with Crippen molar-refractivity contribution in [2.45, 2.75) is 13.0 Å². The van der Waals surface area contributed by atoms with Gasteiger partial charge in [-0.2, -0.15) is 0 Å². The molecule has 3 heteroatoms. The molecule has 1 aromatic rings. The van der Waals surface area contributed by atoms with E-state index in [2.05, 4.69) is 41.4 Å². The number of nitrogens with one attached hydrogen (secondary N) is 1. The fourth-order valence-corrected chi connectivity index (χ4v) is 3.30. The van der Waals surface area contributed by atoms with E-state index in [-0.39, 0.29) is 0 Å². The predicted octanol–water partition coefficient (Wildman–Crippen LogP) is 1.91. The van der Waals surface area contributed by atoms with Gasteiger partial charge in [0.05, 0.1) is 7.11 Å². The van der Waals surface area contributed by atoms with E-state index in [0.29, 0.717) is 6.04 Å². The molecule has 1 N–H and O–H groups in total. The number of hydrogen-bond acceptors (Lipinski definition) is 3. The summed E-state index contributed by atoms with van der Waals surface area (Å²) in [6.45, 7) is 7.21. The van der Waals surface area contributed by atoms with Crippen molar-refractivity contribution in [3.05, 3.63) is 29.8 Å². The second kappa shape index (κ2) is 4.90. The highest BCUT2D eigenvalue weighted by Gasteiger charge is 2.37. The Labute approximate surface area is 109 Å². The maximum Gasteiger partial charge on any atom is 0.118 e. The van der Waals surface area contributed by atoms with Gasteiger partial charge in [-0.15, -0.1) is 0 Å². The molecule has 1 unspecified atom stereocenters. The smallest absolute Gasteiger partial charge is 0.118 e. The Morgan fingerprint density at radius 1 is 1.17 bits per heavy atom. The highest BCUT2D eigenvalue weighted by atomic mass is 16.5. The van der Waals surface area contributed by atoms with Crippen LogP contribution in [0.3, 0.4) is 0 Å². The monoisotopic (exact) mass is 246 g/mol. The van der Waals surface area contributed by atoms with E-state index in [0.717, 1.165) is 17.6 Å². The summed E-state index contributed by atoms with van der Waals surface area (Å²) in [5.41, 5.74) is 1.39. The summed E-state index contributed by atoms with van der Waals surface area (Å²) < 4.78 is 5.21. The van der Waals surface area contributed by atoms with Crippen molar-refractivity contribution in [2.24, 2.45) is 11.8 Å². The van der Waals surface area contributed by atoms with Crippen LogP contribution in [0.4, 0.5) is 0 Å². The first-order valence-electron chi connectivity index (χ1n) is 6.86. The van der Waals surface area contributed by atoms with Gasteiger partial charge in [0, 0.05) is 19.1 Å². The average Bonchev–Trinajstić information content (AvgIpc) is 2.99. The lowest BCUT2D eigenvalue weighted by Crippen LogP contribution is -2.28. The van der Waals surface area contributed by atoms with Crippen molar-refractivity contribution >= 4 is 0 Å². The number of benzene rings is 1. The lowest BCUT2D eigenvalue weighted by molar-refractivity contribution is 0.244. The zero-order valence-corrected chi connectivity index (χ0v) is 11.2. The first kappa shape index (κ1) is 12.0. The van der Waals surface area contributed by atoms with Gasteiger partial charge in [0.25, 0.3) is 0 Å². The standard InChI is InChI=1S/C15H22N2O/c1-11(12-3-5-15(18-2)6-4-12)17-9-13-7-16-8-14(13)10-17/h3-6,11,13-14,16H,7-10H2,1-2H3/t11?,13-,14+. The van der Waals surface area contributed by atoms with Crippen molar-refractivity contribution in [2.75, 3.05) is 33.3 Å². The van der Waals surface area contributed by atoms with E-state index in [9.17, 15) is 0 Å². The Morgan fingerprint density at radius 2 is 1.78 bits per heavy atom. The molecule has 2 heterocycles. The minimum absolute atomic E-state index is 0.515. The minimum Gasteiger partial charge on any atom is -0.497 e. The van der Waals surface area contributed by atoms with E-state index in [4.69, 9.17) is 4.74 Å². The van der Waals surface area contributed by atoms with Gasteiger partial charge in [-0.1, -0.05) is 12.1 Å². The molecule has 0 aromatic heterocycles. The van der Waals surface area contributed by atoms with Crippen LogP contribution in [0.2, 0.25) is 0 Å². The maximum absolute atomic E-state index is 5.21.